The van der Waals surface area contributed by atoms with Crippen LogP contribution in [0.3, 0.4) is 0 Å². The summed E-state index contributed by atoms with van der Waals surface area (Å²) in [7, 11) is 0. The van der Waals surface area contributed by atoms with E-state index in [9.17, 15) is 4.79 Å². The van der Waals surface area contributed by atoms with E-state index in [-0.39, 0.29) is 16.6 Å². The Labute approximate surface area is 106 Å². The second-order valence-corrected chi connectivity index (χ2v) is 3.59. The third kappa shape index (κ3) is 2.46. The van der Waals surface area contributed by atoms with Gasteiger partial charge < -0.3 is 15.6 Å². The van der Waals surface area contributed by atoms with Crippen molar-refractivity contribution in [3.63, 3.8) is 0 Å². The zero-order chi connectivity index (χ0) is 13.1. The molecule has 0 saturated heterocycles. The number of nitrogens with zero attached hydrogens (tertiary/aromatic N) is 3. The van der Waals surface area contributed by atoms with Gasteiger partial charge in [-0.25, -0.2) is 19.7 Å². The number of ether oxygens (including phenoxy) is 1. The Morgan fingerprint density at radius 2 is 2.06 bits per heavy atom. The molecule has 0 radical (unpaired) electrons. The summed E-state index contributed by atoms with van der Waals surface area (Å²) in [5.74, 6) is -0.275. The highest BCUT2D eigenvalue weighted by atomic mass is 35.5. The molecule has 2 heterocycles. The van der Waals surface area contributed by atoms with Crippen LogP contribution >= 0.6 is 11.6 Å². The van der Waals surface area contributed by atoms with E-state index in [0.717, 1.165) is 0 Å². The van der Waals surface area contributed by atoms with Crippen molar-refractivity contribution in [1.82, 2.24) is 15.0 Å². The van der Waals surface area contributed by atoms with Crippen LogP contribution in [0.5, 0.6) is 5.88 Å². The fourth-order valence-electron chi connectivity index (χ4n) is 1.25. The van der Waals surface area contributed by atoms with Gasteiger partial charge in [-0.1, -0.05) is 11.6 Å². The average Bonchev–Trinajstić information content (AvgIpc) is 2.35. The molecule has 2 aromatic rings. The third-order valence-corrected chi connectivity index (χ3v) is 2.38. The van der Waals surface area contributed by atoms with E-state index in [0.29, 0.717) is 11.3 Å². The minimum Gasteiger partial charge on any atom is -0.449 e. The summed E-state index contributed by atoms with van der Waals surface area (Å²) in [6.45, 7) is 0. The van der Waals surface area contributed by atoms with Gasteiger partial charge in [0.15, 0.2) is 0 Å². The number of anilines is 1. The van der Waals surface area contributed by atoms with E-state index in [1.54, 1.807) is 0 Å². The lowest BCUT2D eigenvalue weighted by molar-refractivity contribution is 0.142. The summed E-state index contributed by atoms with van der Waals surface area (Å²) in [5.41, 5.74) is 6.74. The molecule has 2 aromatic heterocycles. The first-order valence-corrected chi connectivity index (χ1v) is 5.08. The van der Waals surface area contributed by atoms with Gasteiger partial charge in [0.25, 0.3) is 0 Å². The number of aromatic nitrogens is 3. The van der Waals surface area contributed by atoms with Crippen LogP contribution in [0, 0.1) is 0 Å². The molecule has 0 aromatic carbocycles. The van der Waals surface area contributed by atoms with Crippen molar-refractivity contribution < 1.29 is 14.6 Å². The molecule has 18 heavy (non-hydrogen) atoms. The van der Waals surface area contributed by atoms with Crippen LogP contribution in [-0.2, 0) is 0 Å². The number of carboxylic acid groups (broad SMARTS) is 1. The first-order chi connectivity index (χ1) is 8.58. The summed E-state index contributed by atoms with van der Waals surface area (Å²) in [5, 5.41) is 8.50. The summed E-state index contributed by atoms with van der Waals surface area (Å²) in [6.07, 6.45) is 2.85. The Morgan fingerprint density at radius 3 is 2.67 bits per heavy atom. The molecule has 2 rings (SSSR count). The maximum atomic E-state index is 10.5. The van der Waals surface area contributed by atoms with Gasteiger partial charge in [-0.05, 0) is 6.07 Å². The van der Waals surface area contributed by atoms with Crippen molar-refractivity contribution >= 4 is 23.4 Å². The van der Waals surface area contributed by atoms with Gasteiger partial charge in [-0.2, -0.15) is 0 Å². The van der Waals surface area contributed by atoms with E-state index in [4.69, 9.17) is 22.4 Å². The molecule has 0 aliphatic rings. The van der Waals surface area contributed by atoms with Gasteiger partial charge in [0.2, 0.25) is 5.88 Å². The SMILES string of the molecule is Nc1cc(-c2cncnc2)nc(OC(=O)O)c1Cl. The standard InChI is InChI=1S/C10H7ClN4O3/c11-8-6(12)1-7(5-2-13-4-14-3-5)15-9(8)18-10(16)17/h1-4H,(H2,12,15)(H,16,17). The second kappa shape index (κ2) is 4.84. The smallest absolute Gasteiger partial charge is 0.449 e. The quantitative estimate of drug-likeness (QED) is 0.798. The number of rotatable bonds is 2. The predicted molar refractivity (Wildman–Crippen MR) is 63.3 cm³/mol. The summed E-state index contributed by atoms with van der Waals surface area (Å²) in [4.78, 5) is 22.1. The zero-order valence-electron chi connectivity index (χ0n) is 8.87. The molecule has 0 atom stereocenters. The molecule has 0 aliphatic carbocycles. The maximum Gasteiger partial charge on any atom is 0.512 e. The molecule has 0 aliphatic heterocycles. The Bertz CT molecular complexity index is 591. The highest BCUT2D eigenvalue weighted by Crippen LogP contribution is 2.32. The molecule has 0 unspecified atom stereocenters. The minimum atomic E-state index is -1.52. The molecule has 0 amide bonds. The molecule has 3 N–H and O–H groups in total. The first-order valence-electron chi connectivity index (χ1n) is 4.70. The van der Waals surface area contributed by atoms with Crippen molar-refractivity contribution in [1.29, 1.82) is 0 Å². The third-order valence-electron chi connectivity index (χ3n) is 2.00. The first kappa shape index (κ1) is 12.1. The van der Waals surface area contributed by atoms with Crippen LogP contribution in [-0.4, -0.2) is 26.2 Å². The number of nitrogens with two attached hydrogens (primary N) is 1. The number of nitrogen functional groups attached to an aromatic ring is 1. The Kier molecular flexibility index (Phi) is 3.24. The van der Waals surface area contributed by atoms with E-state index in [2.05, 4.69) is 19.7 Å². The van der Waals surface area contributed by atoms with Crippen molar-refractivity contribution in [3.05, 3.63) is 29.8 Å². The second-order valence-electron chi connectivity index (χ2n) is 3.21. The van der Waals surface area contributed by atoms with Crippen LogP contribution in [0.25, 0.3) is 11.3 Å². The van der Waals surface area contributed by atoms with E-state index in [1.807, 2.05) is 0 Å². The largest absolute Gasteiger partial charge is 0.512 e. The molecule has 0 bridgehead atoms. The van der Waals surface area contributed by atoms with E-state index in [1.165, 1.54) is 24.8 Å². The number of carbonyl (C=O) groups is 1. The van der Waals surface area contributed by atoms with Crippen LogP contribution in [0.15, 0.2) is 24.8 Å². The Morgan fingerprint density at radius 1 is 1.39 bits per heavy atom. The molecule has 0 spiro atoms. The van der Waals surface area contributed by atoms with Crippen LogP contribution in [0.4, 0.5) is 10.5 Å². The number of halogens is 1. The van der Waals surface area contributed by atoms with Crippen molar-refractivity contribution in [2.45, 2.75) is 0 Å². The number of hydrogen-bond donors (Lipinski definition) is 2. The van der Waals surface area contributed by atoms with Gasteiger partial charge in [0.1, 0.15) is 11.3 Å². The van der Waals surface area contributed by atoms with Crippen LogP contribution < -0.4 is 10.5 Å². The fraction of sp³-hybridized carbons (Fsp3) is 0. The monoisotopic (exact) mass is 266 g/mol. The molecular formula is C10H7ClN4O3. The lowest BCUT2D eigenvalue weighted by Crippen LogP contribution is -2.06. The lowest BCUT2D eigenvalue weighted by Gasteiger charge is -2.07. The normalized spacial score (nSPS) is 10.1. The van der Waals surface area contributed by atoms with Gasteiger partial charge in [0.05, 0.1) is 11.4 Å². The van der Waals surface area contributed by atoms with Gasteiger partial charge in [-0.15, -0.1) is 0 Å². The van der Waals surface area contributed by atoms with E-state index < -0.39 is 6.16 Å². The van der Waals surface area contributed by atoms with Gasteiger partial charge >= 0.3 is 6.16 Å². The Hall–Kier alpha value is -2.41. The maximum absolute atomic E-state index is 10.5. The molecule has 8 heteroatoms. The van der Waals surface area contributed by atoms with E-state index >= 15 is 0 Å². The fourth-order valence-corrected chi connectivity index (χ4v) is 1.39. The minimum absolute atomic E-state index is 0.0574. The number of pyridine rings is 1. The van der Waals surface area contributed by atoms with Crippen molar-refractivity contribution in [3.8, 4) is 17.1 Å². The summed E-state index contributed by atoms with van der Waals surface area (Å²) < 4.78 is 4.44. The van der Waals surface area contributed by atoms with Crippen molar-refractivity contribution in [2.24, 2.45) is 0 Å². The van der Waals surface area contributed by atoms with Crippen LogP contribution in [0.1, 0.15) is 0 Å². The van der Waals surface area contributed by atoms with Gasteiger partial charge in [-0.3, -0.25) is 0 Å². The molecular weight excluding hydrogens is 260 g/mol. The molecule has 0 saturated carbocycles. The zero-order valence-corrected chi connectivity index (χ0v) is 9.63. The summed E-state index contributed by atoms with van der Waals surface area (Å²) >= 11 is 5.79. The predicted octanol–water partition coefficient (Wildman–Crippen LogP) is 1.83. The summed E-state index contributed by atoms with van der Waals surface area (Å²) in [6, 6.07) is 1.48. The molecule has 92 valence electrons. The van der Waals surface area contributed by atoms with Gasteiger partial charge in [0, 0.05) is 18.0 Å². The topological polar surface area (TPSA) is 111 Å². The highest BCUT2D eigenvalue weighted by Gasteiger charge is 2.14. The highest BCUT2D eigenvalue weighted by molar-refractivity contribution is 6.34. The number of hydrogen-bond acceptors (Lipinski definition) is 6. The lowest BCUT2D eigenvalue weighted by atomic mass is 10.2. The Balaban J connectivity index is 2.51. The van der Waals surface area contributed by atoms with Crippen molar-refractivity contribution in [2.75, 3.05) is 5.73 Å². The van der Waals surface area contributed by atoms with Crippen LogP contribution in [0.2, 0.25) is 5.02 Å². The molecule has 7 nitrogen and oxygen atoms in total. The molecule has 0 fully saturated rings. The average molecular weight is 267 g/mol.